The van der Waals surface area contributed by atoms with E-state index in [1.165, 1.54) is 0 Å². The number of nitrogens with one attached hydrogen (secondary N) is 1. The Labute approximate surface area is 125 Å². The van der Waals surface area contributed by atoms with Crippen molar-refractivity contribution < 1.29 is 4.79 Å². The summed E-state index contributed by atoms with van der Waals surface area (Å²) < 4.78 is 0. The number of likely N-dealkylation sites (N-methyl/N-ethyl adjacent to an activating group) is 1. The van der Waals surface area contributed by atoms with Crippen LogP contribution in [0.2, 0.25) is 0 Å². The lowest BCUT2D eigenvalue weighted by molar-refractivity contribution is -0.125. The Morgan fingerprint density at radius 2 is 2.25 bits per heavy atom. The fraction of sp³-hybridized carbons (Fsp3) is 0.467. The molecule has 5 heteroatoms. The Balaban J connectivity index is 1.95. The minimum atomic E-state index is -0.149. The molecule has 1 aromatic carbocycles. The monoisotopic (exact) mass is 291 g/mol. The lowest BCUT2D eigenvalue weighted by Gasteiger charge is -2.24. The zero-order chi connectivity index (χ0) is 14.7. The third kappa shape index (κ3) is 4.02. The Morgan fingerprint density at radius 3 is 2.85 bits per heavy atom. The first-order valence-electron chi connectivity index (χ1n) is 6.86. The van der Waals surface area contributed by atoms with Crippen molar-refractivity contribution in [1.29, 1.82) is 0 Å². The Bertz CT molecular complexity index is 514. The van der Waals surface area contributed by atoms with Gasteiger partial charge in [-0.3, -0.25) is 9.69 Å². The van der Waals surface area contributed by atoms with E-state index >= 15 is 0 Å². The zero-order valence-electron chi connectivity index (χ0n) is 11.9. The van der Waals surface area contributed by atoms with Gasteiger partial charge in [0, 0.05) is 18.2 Å². The van der Waals surface area contributed by atoms with Crippen LogP contribution in [0.15, 0.2) is 24.3 Å². The maximum atomic E-state index is 12.0. The van der Waals surface area contributed by atoms with Gasteiger partial charge in [0.2, 0.25) is 5.91 Å². The third-order valence-electron chi connectivity index (χ3n) is 3.61. The summed E-state index contributed by atoms with van der Waals surface area (Å²) in [5.41, 5.74) is 7.60. The second kappa shape index (κ2) is 6.33. The molecule has 0 bridgehead atoms. The molecule has 1 fully saturated rings. The molecule has 0 spiro atoms. The van der Waals surface area contributed by atoms with Crippen LogP contribution in [0, 0.1) is 0 Å². The van der Waals surface area contributed by atoms with Crippen LogP contribution in [-0.2, 0) is 11.3 Å². The molecule has 1 unspecified atom stereocenters. The first-order chi connectivity index (χ1) is 9.47. The average molecular weight is 291 g/mol. The van der Waals surface area contributed by atoms with Crippen molar-refractivity contribution >= 4 is 23.1 Å². The summed E-state index contributed by atoms with van der Waals surface area (Å²) in [6.45, 7) is 2.62. The van der Waals surface area contributed by atoms with Crippen LogP contribution >= 0.6 is 12.2 Å². The van der Waals surface area contributed by atoms with Gasteiger partial charge in [-0.1, -0.05) is 30.4 Å². The molecule has 0 radical (unpaired) electrons. The van der Waals surface area contributed by atoms with Gasteiger partial charge in [-0.25, -0.2) is 0 Å². The predicted molar refractivity (Wildman–Crippen MR) is 84.4 cm³/mol. The van der Waals surface area contributed by atoms with E-state index in [2.05, 4.69) is 5.32 Å². The average Bonchev–Trinajstić information content (AvgIpc) is 3.21. The van der Waals surface area contributed by atoms with Crippen LogP contribution in [0.25, 0.3) is 0 Å². The first kappa shape index (κ1) is 14.9. The van der Waals surface area contributed by atoms with E-state index < -0.39 is 0 Å². The molecule has 2 rings (SSSR count). The highest BCUT2D eigenvalue weighted by molar-refractivity contribution is 7.80. The minimum Gasteiger partial charge on any atom is -0.389 e. The fourth-order valence-electron chi connectivity index (χ4n) is 2.00. The van der Waals surface area contributed by atoms with E-state index in [4.69, 9.17) is 18.0 Å². The number of hydrogen-bond donors (Lipinski definition) is 2. The maximum Gasteiger partial charge on any atom is 0.237 e. The number of benzene rings is 1. The van der Waals surface area contributed by atoms with E-state index in [0.29, 0.717) is 17.6 Å². The van der Waals surface area contributed by atoms with Gasteiger partial charge in [0.05, 0.1) is 6.04 Å². The highest BCUT2D eigenvalue weighted by Crippen LogP contribution is 2.19. The van der Waals surface area contributed by atoms with E-state index in [9.17, 15) is 4.79 Å². The van der Waals surface area contributed by atoms with Crippen LogP contribution < -0.4 is 11.1 Å². The molecule has 1 amide bonds. The van der Waals surface area contributed by atoms with Gasteiger partial charge in [0.1, 0.15) is 4.99 Å². The molecule has 1 aliphatic carbocycles. The summed E-state index contributed by atoms with van der Waals surface area (Å²) in [5.74, 6) is 0.0977. The SMILES string of the molecule is CC(C(=O)NC1CC1)N(C)Cc1cccc(C(N)=S)c1. The number of nitrogens with zero attached hydrogens (tertiary/aromatic N) is 1. The molecule has 1 saturated carbocycles. The lowest BCUT2D eigenvalue weighted by atomic mass is 10.1. The van der Waals surface area contributed by atoms with Crippen LogP contribution in [-0.4, -0.2) is 34.9 Å². The largest absolute Gasteiger partial charge is 0.389 e. The molecular formula is C15H21N3OS. The number of rotatable bonds is 6. The van der Waals surface area contributed by atoms with Crippen molar-refractivity contribution in [1.82, 2.24) is 10.2 Å². The molecule has 0 saturated heterocycles. The maximum absolute atomic E-state index is 12.0. The van der Waals surface area contributed by atoms with Crippen molar-refractivity contribution in [2.24, 2.45) is 5.73 Å². The molecule has 1 atom stereocenters. The lowest BCUT2D eigenvalue weighted by Crippen LogP contribution is -2.43. The molecule has 0 heterocycles. The second-order valence-electron chi connectivity index (χ2n) is 5.44. The summed E-state index contributed by atoms with van der Waals surface area (Å²) in [5, 5.41) is 3.03. The van der Waals surface area contributed by atoms with E-state index in [-0.39, 0.29) is 11.9 Å². The Hall–Kier alpha value is -1.46. The first-order valence-corrected chi connectivity index (χ1v) is 7.27. The Kier molecular flexibility index (Phi) is 4.73. The number of nitrogens with two attached hydrogens (primary N) is 1. The smallest absolute Gasteiger partial charge is 0.237 e. The van der Waals surface area contributed by atoms with Crippen molar-refractivity contribution in [3.63, 3.8) is 0 Å². The summed E-state index contributed by atoms with van der Waals surface area (Å²) in [6.07, 6.45) is 2.22. The molecule has 3 N–H and O–H groups in total. The normalized spacial score (nSPS) is 15.9. The summed E-state index contributed by atoms with van der Waals surface area (Å²) in [7, 11) is 1.95. The van der Waals surface area contributed by atoms with E-state index in [0.717, 1.165) is 24.0 Å². The highest BCUT2D eigenvalue weighted by atomic mass is 32.1. The van der Waals surface area contributed by atoms with Crippen molar-refractivity contribution in [2.45, 2.75) is 38.4 Å². The van der Waals surface area contributed by atoms with Crippen molar-refractivity contribution in [3.05, 3.63) is 35.4 Å². The predicted octanol–water partition coefficient (Wildman–Crippen LogP) is 1.42. The van der Waals surface area contributed by atoms with Gasteiger partial charge >= 0.3 is 0 Å². The number of hydrogen-bond acceptors (Lipinski definition) is 3. The molecule has 0 aliphatic heterocycles. The van der Waals surface area contributed by atoms with Gasteiger partial charge in [-0.05, 0) is 38.4 Å². The third-order valence-corrected chi connectivity index (χ3v) is 3.84. The quantitative estimate of drug-likeness (QED) is 0.778. The number of carbonyl (C=O) groups excluding carboxylic acids is 1. The van der Waals surface area contributed by atoms with Crippen molar-refractivity contribution in [2.75, 3.05) is 7.05 Å². The van der Waals surface area contributed by atoms with E-state index in [1.807, 2.05) is 43.1 Å². The molecule has 20 heavy (non-hydrogen) atoms. The van der Waals surface area contributed by atoms with Crippen molar-refractivity contribution in [3.8, 4) is 0 Å². The highest BCUT2D eigenvalue weighted by Gasteiger charge is 2.27. The summed E-state index contributed by atoms with van der Waals surface area (Å²) in [6, 6.07) is 8.08. The van der Waals surface area contributed by atoms with Crippen LogP contribution in [0.3, 0.4) is 0 Å². The van der Waals surface area contributed by atoms with Crippen LogP contribution in [0.1, 0.15) is 30.9 Å². The number of amides is 1. The molecule has 4 nitrogen and oxygen atoms in total. The standard InChI is InChI=1S/C15H21N3OS/c1-10(15(19)17-13-6-7-13)18(2)9-11-4-3-5-12(8-11)14(16)20/h3-5,8,10,13H,6-7,9H2,1-2H3,(H2,16,20)(H,17,19). The Morgan fingerprint density at radius 1 is 1.55 bits per heavy atom. The summed E-state index contributed by atoms with van der Waals surface area (Å²) in [4.78, 5) is 14.4. The molecule has 108 valence electrons. The van der Waals surface area contributed by atoms with Gasteiger partial charge < -0.3 is 11.1 Å². The summed E-state index contributed by atoms with van der Waals surface area (Å²) >= 11 is 4.98. The minimum absolute atomic E-state index is 0.0977. The van der Waals surface area contributed by atoms with Gasteiger partial charge in [0.15, 0.2) is 0 Å². The molecule has 0 aromatic heterocycles. The van der Waals surface area contributed by atoms with Gasteiger partial charge in [-0.2, -0.15) is 0 Å². The van der Waals surface area contributed by atoms with Gasteiger partial charge in [-0.15, -0.1) is 0 Å². The van der Waals surface area contributed by atoms with Crippen LogP contribution in [0.5, 0.6) is 0 Å². The van der Waals surface area contributed by atoms with E-state index in [1.54, 1.807) is 0 Å². The zero-order valence-corrected chi connectivity index (χ0v) is 12.7. The van der Waals surface area contributed by atoms with Crippen LogP contribution in [0.4, 0.5) is 0 Å². The molecule has 1 aliphatic rings. The number of carbonyl (C=O) groups is 1. The second-order valence-corrected chi connectivity index (χ2v) is 5.88. The number of thiocarbonyl (C=S) groups is 1. The fourth-order valence-corrected chi connectivity index (χ4v) is 2.12. The topological polar surface area (TPSA) is 58.4 Å². The molecule has 1 aromatic rings. The van der Waals surface area contributed by atoms with Gasteiger partial charge in [0.25, 0.3) is 0 Å². The molecular weight excluding hydrogens is 270 g/mol.